The van der Waals surface area contributed by atoms with Gasteiger partial charge in [0.1, 0.15) is 5.82 Å². The fourth-order valence-corrected chi connectivity index (χ4v) is 0.968. The van der Waals surface area contributed by atoms with E-state index in [9.17, 15) is 0 Å². The lowest BCUT2D eigenvalue weighted by atomic mass is 10.1. The van der Waals surface area contributed by atoms with Gasteiger partial charge in [0.25, 0.3) is 0 Å². The molecule has 0 unspecified atom stereocenters. The van der Waals surface area contributed by atoms with E-state index in [1.165, 1.54) is 0 Å². The Morgan fingerprint density at radius 2 is 2.31 bits per heavy atom. The van der Waals surface area contributed by atoms with Crippen molar-refractivity contribution in [2.75, 3.05) is 18.5 Å². The summed E-state index contributed by atoms with van der Waals surface area (Å²) in [7, 11) is 0. The Hall–Kier alpha value is -1.16. The van der Waals surface area contributed by atoms with Crippen LogP contribution in [0.3, 0.4) is 0 Å². The van der Waals surface area contributed by atoms with Crippen molar-refractivity contribution in [1.82, 2.24) is 10.2 Å². The normalized spacial score (nSPS) is 10.5. The number of aliphatic hydroxyl groups is 1. The summed E-state index contributed by atoms with van der Waals surface area (Å²) in [5, 5.41) is 19.3. The van der Waals surface area contributed by atoms with E-state index in [0.29, 0.717) is 12.5 Å². The minimum atomic E-state index is 0.105. The van der Waals surface area contributed by atoms with E-state index in [2.05, 4.69) is 29.4 Å². The Kier molecular flexibility index (Phi) is 3.64. The average Bonchev–Trinajstić information content (AvgIpc) is 2.15. The number of hydrogen-bond acceptors (Lipinski definition) is 4. The van der Waals surface area contributed by atoms with Crippen LogP contribution < -0.4 is 5.32 Å². The molecule has 0 spiro atoms. The van der Waals surface area contributed by atoms with Gasteiger partial charge in [-0.1, -0.05) is 13.8 Å². The number of rotatable bonds is 4. The van der Waals surface area contributed by atoms with Crippen LogP contribution in [0.15, 0.2) is 12.3 Å². The Bertz CT molecular complexity index is 263. The molecule has 1 aromatic heterocycles. The highest BCUT2D eigenvalue weighted by molar-refractivity contribution is 5.36. The van der Waals surface area contributed by atoms with E-state index >= 15 is 0 Å². The van der Waals surface area contributed by atoms with Crippen LogP contribution in [0.2, 0.25) is 0 Å². The lowest BCUT2D eigenvalue weighted by molar-refractivity contribution is 0.311. The van der Waals surface area contributed by atoms with Crippen molar-refractivity contribution >= 4 is 5.82 Å². The van der Waals surface area contributed by atoms with Crippen LogP contribution in [0.5, 0.6) is 0 Å². The number of anilines is 1. The van der Waals surface area contributed by atoms with Gasteiger partial charge >= 0.3 is 0 Å². The summed E-state index contributed by atoms with van der Waals surface area (Å²) >= 11 is 0. The first-order chi connectivity index (χ1) is 6.24. The van der Waals surface area contributed by atoms with Crippen LogP contribution in [0.1, 0.15) is 25.3 Å². The predicted octanol–water partition coefficient (Wildman–Crippen LogP) is 1.00. The van der Waals surface area contributed by atoms with Gasteiger partial charge in [-0.05, 0) is 17.5 Å². The van der Waals surface area contributed by atoms with Gasteiger partial charge in [-0.2, -0.15) is 5.10 Å². The zero-order valence-corrected chi connectivity index (χ0v) is 7.99. The molecule has 1 rings (SSSR count). The minimum Gasteiger partial charge on any atom is -0.395 e. The number of nitrogens with zero attached hydrogens (tertiary/aromatic N) is 2. The zero-order chi connectivity index (χ0) is 9.68. The van der Waals surface area contributed by atoms with Crippen LogP contribution in [-0.4, -0.2) is 28.5 Å². The third kappa shape index (κ3) is 2.99. The Labute approximate surface area is 78.0 Å². The highest BCUT2D eigenvalue weighted by Crippen LogP contribution is 2.14. The van der Waals surface area contributed by atoms with Crippen LogP contribution in [0.4, 0.5) is 5.82 Å². The largest absolute Gasteiger partial charge is 0.395 e. The molecule has 1 heterocycles. The van der Waals surface area contributed by atoms with E-state index in [1.807, 2.05) is 6.07 Å². The molecule has 0 aromatic carbocycles. The fourth-order valence-electron chi connectivity index (χ4n) is 0.968. The molecule has 4 nitrogen and oxygen atoms in total. The van der Waals surface area contributed by atoms with Gasteiger partial charge in [0.2, 0.25) is 0 Å². The maximum atomic E-state index is 8.60. The predicted molar refractivity (Wildman–Crippen MR) is 51.7 cm³/mol. The van der Waals surface area contributed by atoms with Crippen molar-refractivity contribution < 1.29 is 5.11 Å². The highest BCUT2D eigenvalue weighted by atomic mass is 16.3. The van der Waals surface area contributed by atoms with Crippen molar-refractivity contribution in [3.05, 3.63) is 17.8 Å². The topological polar surface area (TPSA) is 58.0 Å². The molecule has 72 valence electrons. The Morgan fingerprint density at radius 1 is 1.54 bits per heavy atom. The molecular weight excluding hydrogens is 166 g/mol. The third-order valence-corrected chi connectivity index (χ3v) is 1.76. The molecule has 0 bridgehead atoms. The van der Waals surface area contributed by atoms with Gasteiger partial charge < -0.3 is 10.4 Å². The van der Waals surface area contributed by atoms with E-state index in [0.717, 1.165) is 11.4 Å². The maximum absolute atomic E-state index is 8.60. The molecule has 13 heavy (non-hydrogen) atoms. The molecule has 4 heteroatoms. The first-order valence-electron chi connectivity index (χ1n) is 4.41. The smallest absolute Gasteiger partial charge is 0.149 e. The molecule has 0 aliphatic heterocycles. The van der Waals surface area contributed by atoms with Crippen molar-refractivity contribution in [2.45, 2.75) is 19.8 Å². The SMILES string of the molecule is CC(C)c1cnnc(NCCO)c1. The standard InChI is InChI=1S/C9H15N3O/c1-7(2)8-5-9(10-3-4-13)12-11-6-8/h5-7,13H,3-4H2,1-2H3,(H,10,12). The molecule has 0 aliphatic rings. The van der Waals surface area contributed by atoms with Gasteiger partial charge in [0.05, 0.1) is 12.8 Å². The Balaban J connectivity index is 2.68. The lowest BCUT2D eigenvalue weighted by Gasteiger charge is -2.06. The van der Waals surface area contributed by atoms with Gasteiger partial charge in [-0.15, -0.1) is 5.10 Å². The van der Waals surface area contributed by atoms with Crippen molar-refractivity contribution in [3.8, 4) is 0 Å². The maximum Gasteiger partial charge on any atom is 0.149 e. The molecule has 0 aliphatic carbocycles. The van der Waals surface area contributed by atoms with Crippen molar-refractivity contribution in [3.63, 3.8) is 0 Å². The zero-order valence-electron chi connectivity index (χ0n) is 7.99. The second-order valence-corrected chi connectivity index (χ2v) is 3.18. The van der Waals surface area contributed by atoms with E-state index in [1.54, 1.807) is 6.20 Å². The van der Waals surface area contributed by atoms with Crippen LogP contribution in [0.25, 0.3) is 0 Å². The van der Waals surface area contributed by atoms with Crippen LogP contribution in [0, 0.1) is 0 Å². The molecule has 0 fully saturated rings. The number of hydrogen-bond donors (Lipinski definition) is 2. The van der Waals surface area contributed by atoms with Crippen LogP contribution >= 0.6 is 0 Å². The fraction of sp³-hybridized carbons (Fsp3) is 0.556. The van der Waals surface area contributed by atoms with Crippen LogP contribution in [-0.2, 0) is 0 Å². The number of aromatic nitrogens is 2. The monoisotopic (exact) mass is 181 g/mol. The molecular formula is C9H15N3O. The molecule has 0 saturated carbocycles. The number of nitrogens with one attached hydrogen (secondary N) is 1. The van der Waals surface area contributed by atoms with Gasteiger partial charge in [0.15, 0.2) is 0 Å². The number of aliphatic hydroxyl groups excluding tert-OH is 1. The summed E-state index contributed by atoms with van der Waals surface area (Å²) in [6.45, 7) is 4.82. The summed E-state index contributed by atoms with van der Waals surface area (Å²) in [6, 6.07) is 1.95. The third-order valence-electron chi connectivity index (χ3n) is 1.76. The quantitative estimate of drug-likeness (QED) is 0.727. The second kappa shape index (κ2) is 4.77. The average molecular weight is 181 g/mol. The lowest BCUT2D eigenvalue weighted by Crippen LogP contribution is -2.08. The summed E-state index contributed by atoms with van der Waals surface area (Å²) in [5.41, 5.74) is 1.15. The van der Waals surface area contributed by atoms with Gasteiger partial charge in [-0.25, -0.2) is 0 Å². The second-order valence-electron chi connectivity index (χ2n) is 3.18. The summed E-state index contributed by atoms with van der Waals surface area (Å²) in [5.74, 6) is 1.17. The molecule has 2 N–H and O–H groups in total. The molecule has 0 radical (unpaired) electrons. The Morgan fingerprint density at radius 3 is 2.92 bits per heavy atom. The molecule has 1 aromatic rings. The van der Waals surface area contributed by atoms with Crippen molar-refractivity contribution in [1.29, 1.82) is 0 Å². The first kappa shape index (κ1) is 9.92. The first-order valence-corrected chi connectivity index (χ1v) is 4.41. The molecule has 0 atom stereocenters. The summed E-state index contributed by atoms with van der Waals surface area (Å²) in [4.78, 5) is 0. The molecule has 0 amide bonds. The minimum absolute atomic E-state index is 0.105. The van der Waals surface area contributed by atoms with E-state index in [4.69, 9.17) is 5.11 Å². The summed E-state index contributed by atoms with van der Waals surface area (Å²) < 4.78 is 0. The van der Waals surface area contributed by atoms with E-state index in [-0.39, 0.29) is 6.61 Å². The molecule has 0 saturated heterocycles. The van der Waals surface area contributed by atoms with Crippen molar-refractivity contribution in [2.24, 2.45) is 0 Å². The highest BCUT2D eigenvalue weighted by Gasteiger charge is 2.01. The van der Waals surface area contributed by atoms with E-state index < -0.39 is 0 Å². The summed E-state index contributed by atoms with van der Waals surface area (Å²) in [6.07, 6.45) is 1.76. The van der Waals surface area contributed by atoms with Gasteiger partial charge in [0, 0.05) is 6.54 Å². The van der Waals surface area contributed by atoms with Gasteiger partial charge in [-0.3, -0.25) is 0 Å².